The van der Waals surface area contributed by atoms with Crippen LogP contribution in [0.2, 0.25) is 10.0 Å². The number of halogens is 3. The van der Waals surface area contributed by atoms with Crippen LogP contribution in [-0.2, 0) is 0 Å². The Balaban J connectivity index is 1.98. The van der Waals surface area contributed by atoms with E-state index in [9.17, 15) is 0 Å². The van der Waals surface area contributed by atoms with Gasteiger partial charge in [-0.25, -0.2) is 0 Å². The van der Waals surface area contributed by atoms with Gasteiger partial charge in [0.15, 0.2) is 5.75 Å². The Labute approximate surface area is 136 Å². The second kappa shape index (κ2) is 5.47. The van der Waals surface area contributed by atoms with Crippen molar-refractivity contribution in [3.8, 4) is 5.75 Å². The van der Waals surface area contributed by atoms with Gasteiger partial charge in [-0.3, -0.25) is 0 Å². The van der Waals surface area contributed by atoms with Gasteiger partial charge >= 0.3 is 0 Å². The number of rotatable bonds is 1. The van der Waals surface area contributed by atoms with Crippen molar-refractivity contribution < 1.29 is 4.74 Å². The van der Waals surface area contributed by atoms with E-state index in [1.807, 2.05) is 30.3 Å². The largest absolute Gasteiger partial charge is 0.480 e. The molecule has 0 fully saturated rings. The minimum Gasteiger partial charge on any atom is -0.480 e. The van der Waals surface area contributed by atoms with Crippen molar-refractivity contribution in [1.82, 2.24) is 0 Å². The predicted molar refractivity (Wildman–Crippen MR) is 87.1 cm³/mol. The van der Waals surface area contributed by atoms with E-state index >= 15 is 0 Å². The first kappa shape index (κ1) is 14.1. The molecular formula is C15H12BrCl2NO. The summed E-state index contributed by atoms with van der Waals surface area (Å²) in [6.45, 7) is 2.07. The summed E-state index contributed by atoms with van der Waals surface area (Å²) in [7, 11) is 0. The van der Waals surface area contributed by atoms with Gasteiger partial charge in [0.25, 0.3) is 0 Å². The molecule has 2 unspecified atom stereocenters. The molecule has 2 aromatic rings. The molecule has 0 spiro atoms. The van der Waals surface area contributed by atoms with E-state index in [0.717, 1.165) is 15.7 Å². The minimum atomic E-state index is -0.0886. The monoisotopic (exact) mass is 371 g/mol. The number of benzene rings is 2. The summed E-state index contributed by atoms with van der Waals surface area (Å²) in [6.07, 6.45) is -0.0886. The summed E-state index contributed by atoms with van der Waals surface area (Å²) >= 11 is 15.7. The quantitative estimate of drug-likeness (QED) is 0.694. The first-order valence-corrected chi connectivity index (χ1v) is 7.77. The zero-order valence-electron chi connectivity index (χ0n) is 10.7. The molecule has 1 heterocycles. The molecule has 2 atom stereocenters. The second-order valence-corrected chi connectivity index (χ2v) is 6.55. The van der Waals surface area contributed by atoms with E-state index in [2.05, 4.69) is 28.2 Å². The number of ether oxygens (including phenoxy) is 1. The third kappa shape index (κ3) is 2.62. The van der Waals surface area contributed by atoms with Crippen molar-refractivity contribution in [2.45, 2.75) is 19.1 Å². The molecule has 0 saturated heterocycles. The highest BCUT2D eigenvalue weighted by molar-refractivity contribution is 9.10. The third-order valence-corrected chi connectivity index (χ3v) is 4.32. The van der Waals surface area contributed by atoms with Crippen LogP contribution in [0, 0.1) is 0 Å². The standard InChI is InChI=1S/C15H12BrCl2NO/c1-8-14(9-2-4-10(16)5-3-9)20-15-12(18)6-11(17)7-13(15)19-8/h2-8,14,19H,1H3. The first-order chi connectivity index (χ1) is 9.54. The van der Waals surface area contributed by atoms with E-state index in [0.29, 0.717) is 15.8 Å². The molecular weight excluding hydrogens is 361 g/mol. The average molecular weight is 373 g/mol. The molecule has 104 valence electrons. The molecule has 0 aliphatic carbocycles. The van der Waals surface area contributed by atoms with Gasteiger partial charge in [0.2, 0.25) is 0 Å². The van der Waals surface area contributed by atoms with Gasteiger partial charge in [-0.15, -0.1) is 0 Å². The molecule has 2 nitrogen and oxygen atoms in total. The Morgan fingerprint density at radius 1 is 1.15 bits per heavy atom. The Morgan fingerprint density at radius 3 is 2.55 bits per heavy atom. The predicted octanol–water partition coefficient (Wildman–Crippen LogP) is 5.69. The summed E-state index contributed by atoms with van der Waals surface area (Å²) in [4.78, 5) is 0. The zero-order chi connectivity index (χ0) is 14.3. The van der Waals surface area contributed by atoms with Crippen molar-refractivity contribution in [2.75, 3.05) is 5.32 Å². The topological polar surface area (TPSA) is 21.3 Å². The maximum absolute atomic E-state index is 6.22. The first-order valence-electron chi connectivity index (χ1n) is 6.22. The maximum Gasteiger partial charge on any atom is 0.162 e. The van der Waals surface area contributed by atoms with Gasteiger partial charge in [-0.2, -0.15) is 0 Å². The molecule has 3 rings (SSSR count). The molecule has 5 heteroatoms. The lowest BCUT2D eigenvalue weighted by atomic mass is 10.0. The number of hydrogen-bond acceptors (Lipinski definition) is 2. The van der Waals surface area contributed by atoms with Crippen molar-refractivity contribution in [3.63, 3.8) is 0 Å². The van der Waals surface area contributed by atoms with Crippen LogP contribution < -0.4 is 10.1 Å². The highest BCUT2D eigenvalue weighted by Gasteiger charge is 2.29. The second-order valence-electron chi connectivity index (χ2n) is 4.79. The summed E-state index contributed by atoms with van der Waals surface area (Å²) in [6, 6.07) is 11.7. The number of nitrogens with one attached hydrogen (secondary N) is 1. The fourth-order valence-electron chi connectivity index (χ4n) is 2.35. The van der Waals surface area contributed by atoms with Crippen LogP contribution in [0.1, 0.15) is 18.6 Å². The van der Waals surface area contributed by atoms with Gasteiger partial charge in [0.05, 0.1) is 16.8 Å². The summed E-state index contributed by atoms with van der Waals surface area (Å²) in [5, 5.41) is 4.52. The van der Waals surface area contributed by atoms with E-state index < -0.39 is 0 Å². The van der Waals surface area contributed by atoms with Crippen LogP contribution in [0.4, 0.5) is 5.69 Å². The average Bonchev–Trinajstić information content (AvgIpc) is 2.39. The summed E-state index contributed by atoms with van der Waals surface area (Å²) in [5.41, 5.74) is 1.94. The fraction of sp³-hybridized carbons (Fsp3) is 0.200. The van der Waals surface area contributed by atoms with Crippen molar-refractivity contribution in [3.05, 3.63) is 56.5 Å². The highest BCUT2D eigenvalue weighted by Crippen LogP contribution is 2.43. The maximum atomic E-state index is 6.22. The molecule has 0 amide bonds. The molecule has 1 aliphatic rings. The molecule has 0 radical (unpaired) electrons. The molecule has 2 aromatic carbocycles. The van der Waals surface area contributed by atoms with Gasteiger partial charge in [0.1, 0.15) is 6.10 Å². The van der Waals surface area contributed by atoms with E-state index in [1.165, 1.54) is 0 Å². The Kier molecular flexibility index (Phi) is 3.85. The number of anilines is 1. The molecule has 0 bridgehead atoms. The number of hydrogen-bond donors (Lipinski definition) is 1. The van der Waals surface area contributed by atoms with Crippen LogP contribution in [0.25, 0.3) is 0 Å². The molecule has 20 heavy (non-hydrogen) atoms. The van der Waals surface area contributed by atoms with Crippen LogP contribution in [0.3, 0.4) is 0 Å². The fourth-order valence-corrected chi connectivity index (χ4v) is 3.15. The van der Waals surface area contributed by atoms with Crippen LogP contribution in [0.15, 0.2) is 40.9 Å². The van der Waals surface area contributed by atoms with Gasteiger partial charge in [-0.1, -0.05) is 51.3 Å². The highest BCUT2D eigenvalue weighted by atomic mass is 79.9. The van der Waals surface area contributed by atoms with Gasteiger partial charge in [-0.05, 0) is 36.8 Å². The van der Waals surface area contributed by atoms with E-state index in [4.69, 9.17) is 27.9 Å². The molecule has 1 N–H and O–H groups in total. The molecule has 0 saturated carbocycles. The normalized spacial score (nSPS) is 20.8. The van der Waals surface area contributed by atoms with Crippen molar-refractivity contribution >= 4 is 44.8 Å². The molecule has 0 aromatic heterocycles. The lowest BCUT2D eigenvalue weighted by Crippen LogP contribution is -2.32. The SMILES string of the molecule is CC1Nc2cc(Cl)cc(Cl)c2OC1c1ccc(Br)cc1. The smallest absolute Gasteiger partial charge is 0.162 e. The summed E-state index contributed by atoms with van der Waals surface area (Å²) in [5.74, 6) is 0.655. The zero-order valence-corrected chi connectivity index (χ0v) is 13.8. The van der Waals surface area contributed by atoms with E-state index in [1.54, 1.807) is 6.07 Å². The lowest BCUT2D eigenvalue weighted by molar-refractivity contribution is 0.178. The molecule has 1 aliphatic heterocycles. The Morgan fingerprint density at radius 2 is 1.85 bits per heavy atom. The Hall–Kier alpha value is -0.900. The van der Waals surface area contributed by atoms with Crippen molar-refractivity contribution in [2.24, 2.45) is 0 Å². The Bertz CT molecular complexity index is 645. The van der Waals surface area contributed by atoms with Gasteiger partial charge < -0.3 is 10.1 Å². The van der Waals surface area contributed by atoms with Crippen LogP contribution >= 0.6 is 39.1 Å². The summed E-state index contributed by atoms with van der Waals surface area (Å²) < 4.78 is 7.13. The van der Waals surface area contributed by atoms with Crippen LogP contribution in [0.5, 0.6) is 5.75 Å². The van der Waals surface area contributed by atoms with E-state index in [-0.39, 0.29) is 12.1 Å². The van der Waals surface area contributed by atoms with Gasteiger partial charge in [0, 0.05) is 9.50 Å². The van der Waals surface area contributed by atoms with Crippen LogP contribution in [-0.4, -0.2) is 6.04 Å². The lowest BCUT2D eigenvalue weighted by Gasteiger charge is -2.34. The minimum absolute atomic E-state index is 0.0886. The number of fused-ring (bicyclic) bond motifs is 1. The third-order valence-electron chi connectivity index (χ3n) is 3.29. The van der Waals surface area contributed by atoms with Crippen molar-refractivity contribution in [1.29, 1.82) is 0 Å².